The zero-order valence-electron chi connectivity index (χ0n) is 15.0. The van der Waals surface area contributed by atoms with Gasteiger partial charge in [-0.25, -0.2) is 0 Å². The lowest BCUT2D eigenvalue weighted by Gasteiger charge is -2.35. The molecule has 2 aromatic rings. The number of piperazine rings is 1. The third-order valence-corrected chi connectivity index (χ3v) is 4.40. The van der Waals surface area contributed by atoms with E-state index in [2.05, 4.69) is 0 Å². The van der Waals surface area contributed by atoms with E-state index >= 15 is 0 Å². The molecule has 3 rings (SSSR count). The number of carbonyl (C=O) groups is 2. The molecule has 1 fully saturated rings. The average molecular weight is 399 g/mol. The van der Waals surface area contributed by atoms with Crippen LogP contribution in [0.5, 0.6) is 0 Å². The number of amides is 2. The second-order valence-electron chi connectivity index (χ2n) is 6.49. The molecule has 1 saturated heterocycles. The minimum atomic E-state index is -4.50. The summed E-state index contributed by atoms with van der Waals surface area (Å²) in [6, 6.07) is 6.27. The van der Waals surface area contributed by atoms with E-state index in [-0.39, 0.29) is 30.5 Å². The fourth-order valence-electron chi connectivity index (χ4n) is 3.00. The average Bonchev–Trinajstić information content (AvgIpc) is 3.34. The molecule has 0 aromatic carbocycles. The molecule has 2 aromatic heterocycles. The normalized spacial score (nSPS) is 15.6. The van der Waals surface area contributed by atoms with Crippen molar-refractivity contribution in [1.82, 2.24) is 14.7 Å². The van der Waals surface area contributed by atoms with E-state index in [0.29, 0.717) is 26.2 Å². The number of hydrogen-bond acceptors (Lipinski definition) is 5. The second-order valence-corrected chi connectivity index (χ2v) is 6.49. The van der Waals surface area contributed by atoms with E-state index in [9.17, 15) is 22.8 Å². The Kier molecular flexibility index (Phi) is 6.08. The van der Waals surface area contributed by atoms with E-state index in [1.165, 1.54) is 18.6 Å². The summed E-state index contributed by atoms with van der Waals surface area (Å²) in [4.78, 5) is 28.8. The van der Waals surface area contributed by atoms with Gasteiger partial charge >= 0.3 is 6.18 Å². The SMILES string of the molecule is O=C(CN1CCN(C(=O)c2ccco2)CC1)N(Cc1ccco1)CC(F)(F)F. The maximum Gasteiger partial charge on any atom is 0.406 e. The van der Waals surface area contributed by atoms with E-state index in [1.54, 1.807) is 28.0 Å². The van der Waals surface area contributed by atoms with E-state index in [0.717, 1.165) is 4.90 Å². The van der Waals surface area contributed by atoms with Gasteiger partial charge in [-0.2, -0.15) is 13.2 Å². The van der Waals surface area contributed by atoms with Gasteiger partial charge in [-0.15, -0.1) is 0 Å². The number of halogens is 3. The highest BCUT2D eigenvalue weighted by atomic mass is 19.4. The number of hydrogen-bond donors (Lipinski definition) is 0. The van der Waals surface area contributed by atoms with Crippen LogP contribution in [0.1, 0.15) is 16.3 Å². The van der Waals surface area contributed by atoms with Gasteiger partial charge in [0.2, 0.25) is 5.91 Å². The van der Waals surface area contributed by atoms with Crippen LogP contribution in [0.15, 0.2) is 45.6 Å². The zero-order chi connectivity index (χ0) is 20.1. The third kappa shape index (κ3) is 5.38. The molecule has 0 bridgehead atoms. The molecule has 0 spiro atoms. The van der Waals surface area contributed by atoms with E-state index in [4.69, 9.17) is 8.83 Å². The van der Waals surface area contributed by atoms with Crippen molar-refractivity contribution >= 4 is 11.8 Å². The first-order valence-electron chi connectivity index (χ1n) is 8.74. The number of nitrogens with zero attached hydrogens (tertiary/aromatic N) is 3. The maximum atomic E-state index is 12.9. The Balaban J connectivity index is 1.54. The smallest absolute Gasteiger partial charge is 0.406 e. The van der Waals surface area contributed by atoms with Crippen LogP contribution in [-0.4, -0.2) is 72.0 Å². The summed E-state index contributed by atoms with van der Waals surface area (Å²) in [5.74, 6) is -0.363. The topological polar surface area (TPSA) is 70.1 Å². The molecule has 152 valence electrons. The number of rotatable bonds is 6. The van der Waals surface area contributed by atoms with Crippen LogP contribution in [0.25, 0.3) is 0 Å². The summed E-state index contributed by atoms with van der Waals surface area (Å²) >= 11 is 0. The fraction of sp³-hybridized carbons (Fsp3) is 0.444. The first-order chi connectivity index (χ1) is 13.3. The molecule has 0 unspecified atom stereocenters. The molecule has 7 nitrogen and oxygen atoms in total. The van der Waals surface area contributed by atoms with Crippen LogP contribution in [0.2, 0.25) is 0 Å². The van der Waals surface area contributed by atoms with Crippen molar-refractivity contribution < 1.29 is 31.6 Å². The van der Waals surface area contributed by atoms with E-state index in [1.807, 2.05) is 0 Å². The molecule has 0 aliphatic carbocycles. The predicted molar refractivity (Wildman–Crippen MR) is 91.2 cm³/mol. The summed E-state index contributed by atoms with van der Waals surface area (Å²) in [5, 5.41) is 0. The van der Waals surface area contributed by atoms with Crippen molar-refractivity contribution in [3.8, 4) is 0 Å². The minimum absolute atomic E-state index is 0.153. The maximum absolute atomic E-state index is 12.9. The molecule has 28 heavy (non-hydrogen) atoms. The largest absolute Gasteiger partial charge is 0.467 e. The molecule has 0 atom stereocenters. The Hall–Kier alpha value is -2.75. The zero-order valence-corrected chi connectivity index (χ0v) is 15.0. The van der Waals surface area contributed by atoms with Crippen LogP contribution in [0.4, 0.5) is 13.2 Å². The van der Waals surface area contributed by atoms with Gasteiger partial charge in [-0.05, 0) is 24.3 Å². The van der Waals surface area contributed by atoms with Crippen molar-refractivity contribution in [3.05, 3.63) is 48.3 Å². The molecule has 1 aliphatic rings. The molecule has 0 radical (unpaired) electrons. The van der Waals surface area contributed by atoms with Crippen LogP contribution >= 0.6 is 0 Å². The van der Waals surface area contributed by atoms with Gasteiger partial charge in [0.1, 0.15) is 12.3 Å². The minimum Gasteiger partial charge on any atom is -0.467 e. The Morgan fingerprint density at radius 1 is 1.04 bits per heavy atom. The van der Waals surface area contributed by atoms with Crippen LogP contribution < -0.4 is 0 Å². The number of alkyl halides is 3. The highest BCUT2D eigenvalue weighted by molar-refractivity contribution is 5.91. The monoisotopic (exact) mass is 399 g/mol. The van der Waals surface area contributed by atoms with Gasteiger partial charge in [0.25, 0.3) is 5.91 Å². The fourth-order valence-corrected chi connectivity index (χ4v) is 3.00. The summed E-state index contributed by atoms with van der Waals surface area (Å²) in [6.07, 6.45) is -1.74. The first kappa shape index (κ1) is 20.0. The summed E-state index contributed by atoms with van der Waals surface area (Å²) in [6.45, 7) is -0.239. The third-order valence-electron chi connectivity index (χ3n) is 4.40. The predicted octanol–water partition coefficient (Wildman–Crippen LogP) is 2.22. The summed E-state index contributed by atoms with van der Waals surface area (Å²) in [5.41, 5.74) is 0. The lowest BCUT2D eigenvalue weighted by molar-refractivity contribution is -0.163. The second kappa shape index (κ2) is 8.51. The molecule has 3 heterocycles. The van der Waals surface area contributed by atoms with Gasteiger partial charge in [-0.1, -0.05) is 0 Å². The lowest BCUT2D eigenvalue weighted by atomic mass is 10.2. The Morgan fingerprint density at radius 2 is 1.71 bits per heavy atom. The highest BCUT2D eigenvalue weighted by Crippen LogP contribution is 2.19. The Morgan fingerprint density at radius 3 is 2.29 bits per heavy atom. The van der Waals surface area contributed by atoms with Crippen molar-refractivity contribution in [1.29, 1.82) is 0 Å². The molecule has 1 aliphatic heterocycles. The molecular formula is C18H20F3N3O4. The van der Waals surface area contributed by atoms with Gasteiger partial charge in [-0.3, -0.25) is 14.5 Å². The van der Waals surface area contributed by atoms with Crippen LogP contribution in [0, 0.1) is 0 Å². The molecule has 0 saturated carbocycles. The van der Waals surface area contributed by atoms with Crippen LogP contribution in [-0.2, 0) is 11.3 Å². The molecule has 10 heteroatoms. The van der Waals surface area contributed by atoms with Gasteiger partial charge < -0.3 is 18.6 Å². The summed E-state index contributed by atoms with van der Waals surface area (Å²) < 4.78 is 48.7. The van der Waals surface area contributed by atoms with Crippen molar-refractivity contribution in [3.63, 3.8) is 0 Å². The van der Waals surface area contributed by atoms with Crippen molar-refractivity contribution in [2.24, 2.45) is 0 Å². The molecule has 2 amide bonds. The standard InChI is InChI=1S/C18H20F3N3O4/c19-18(20,21)13-24(11-14-3-1-9-27-14)16(25)12-22-5-7-23(8-6-22)17(26)15-4-2-10-28-15/h1-4,9-10H,5-8,11-13H2. The van der Waals surface area contributed by atoms with Gasteiger partial charge in [0, 0.05) is 26.2 Å². The highest BCUT2D eigenvalue weighted by Gasteiger charge is 2.34. The van der Waals surface area contributed by atoms with Crippen molar-refractivity contribution in [2.75, 3.05) is 39.3 Å². The Labute approximate surface area is 159 Å². The number of carbonyl (C=O) groups excluding carboxylic acids is 2. The first-order valence-corrected chi connectivity index (χ1v) is 8.74. The quantitative estimate of drug-likeness (QED) is 0.745. The van der Waals surface area contributed by atoms with Crippen LogP contribution in [0.3, 0.4) is 0 Å². The molecular weight excluding hydrogens is 379 g/mol. The molecule has 0 N–H and O–H groups in total. The summed E-state index contributed by atoms with van der Waals surface area (Å²) in [7, 11) is 0. The van der Waals surface area contributed by atoms with Gasteiger partial charge in [0.05, 0.1) is 25.6 Å². The van der Waals surface area contributed by atoms with Gasteiger partial charge in [0.15, 0.2) is 5.76 Å². The number of furan rings is 2. The Bertz CT molecular complexity index is 767. The van der Waals surface area contributed by atoms with E-state index < -0.39 is 18.6 Å². The van der Waals surface area contributed by atoms with Crippen molar-refractivity contribution in [2.45, 2.75) is 12.7 Å². The lowest BCUT2D eigenvalue weighted by Crippen LogP contribution is -2.52.